The van der Waals surface area contributed by atoms with Crippen LogP contribution in [0.2, 0.25) is 0 Å². The van der Waals surface area contributed by atoms with Crippen LogP contribution in [0, 0.1) is 0 Å². The lowest BCUT2D eigenvalue weighted by atomic mass is 9.91. The summed E-state index contributed by atoms with van der Waals surface area (Å²) in [6.07, 6.45) is 25.4. The van der Waals surface area contributed by atoms with Gasteiger partial charge in [-0.2, -0.15) is 0 Å². The van der Waals surface area contributed by atoms with Gasteiger partial charge in [0.2, 0.25) is 0 Å². The molecule has 0 aromatic heterocycles. The van der Waals surface area contributed by atoms with Gasteiger partial charge in [-0.15, -0.1) is 0 Å². The zero-order valence-corrected chi connectivity index (χ0v) is 25.3. The molecule has 3 rings (SSSR count). The van der Waals surface area contributed by atoms with Crippen molar-refractivity contribution in [1.82, 2.24) is 0 Å². The zero-order chi connectivity index (χ0) is 28.4. The first-order valence-corrected chi connectivity index (χ1v) is 16.3. The average molecular weight is 547 g/mol. The average Bonchev–Trinajstić information content (AvgIpc) is 2.96. The minimum Gasteiger partial charge on any atom is -0.507 e. The van der Waals surface area contributed by atoms with Crippen LogP contribution in [0.25, 0.3) is 0 Å². The van der Waals surface area contributed by atoms with Crippen molar-refractivity contribution in [3.63, 3.8) is 0 Å². The molecule has 0 spiro atoms. The molecule has 220 valence electrons. The number of rotatable bonds is 18. The Morgan fingerprint density at radius 2 is 1.00 bits per heavy atom. The molecule has 2 N–H and O–H groups in total. The quantitative estimate of drug-likeness (QED) is 0.144. The molecule has 2 atom stereocenters. The van der Waals surface area contributed by atoms with E-state index in [4.69, 9.17) is 9.98 Å². The van der Waals surface area contributed by atoms with Gasteiger partial charge in [-0.05, 0) is 73.9 Å². The van der Waals surface area contributed by atoms with Crippen LogP contribution in [-0.2, 0) is 12.8 Å². The van der Waals surface area contributed by atoms with E-state index in [-0.39, 0.29) is 12.1 Å². The lowest BCUT2D eigenvalue weighted by Gasteiger charge is -2.25. The number of unbranched alkanes of at least 4 members (excludes halogenated alkanes) is 10. The number of benzene rings is 2. The molecule has 1 saturated carbocycles. The minimum atomic E-state index is 0.0985. The minimum absolute atomic E-state index is 0.0985. The molecule has 0 heterocycles. The number of aromatic hydroxyl groups is 2. The maximum absolute atomic E-state index is 10.6. The van der Waals surface area contributed by atoms with Gasteiger partial charge < -0.3 is 10.2 Å². The van der Waals surface area contributed by atoms with Gasteiger partial charge in [0.15, 0.2) is 0 Å². The Morgan fingerprint density at radius 1 is 0.600 bits per heavy atom. The van der Waals surface area contributed by atoms with Gasteiger partial charge in [0.05, 0.1) is 12.1 Å². The van der Waals surface area contributed by atoms with Crippen molar-refractivity contribution in [2.45, 2.75) is 142 Å². The van der Waals surface area contributed by atoms with E-state index >= 15 is 0 Å². The summed E-state index contributed by atoms with van der Waals surface area (Å²) in [4.78, 5) is 9.75. The molecule has 40 heavy (non-hydrogen) atoms. The van der Waals surface area contributed by atoms with Crippen molar-refractivity contribution >= 4 is 12.4 Å². The lowest BCUT2D eigenvalue weighted by molar-refractivity contribution is 0.390. The molecule has 1 fully saturated rings. The van der Waals surface area contributed by atoms with Gasteiger partial charge in [-0.3, -0.25) is 9.98 Å². The Labute approximate surface area is 244 Å². The summed E-state index contributed by atoms with van der Waals surface area (Å²) in [5.41, 5.74) is 3.94. The van der Waals surface area contributed by atoms with Crippen LogP contribution in [0.15, 0.2) is 46.4 Å². The smallest absolute Gasteiger partial charge is 0.124 e. The van der Waals surface area contributed by atoms with E-state index in [0.717, 1.165) is 49.7 Å². The van der Waals surface area contributed by atoms with Crippen molar-refractivity contribution in [2.24, 2.45) is 9.98 Å². The Balaban J connectivity index is 1.50. The first kappa shape index (κ1) is 31.9. The third-order valence-corrected chi connectivity index (χ3v) is 8.33. The summed E-state index contributed by atoms with van der Waals surface area (Å²) in [5, 5.41) is 21.2. The summed E-state index contributed by atoms with van der Waals surface area (Å²) in [6, 6.07) is 12.2. The number of nitrogens with zero attached hydrogens (tertiary/aromatic N) is 2. The van der Waals surface area contributed by atoms with Gasteiger partial charge in [-0.1, -0.05) is 103 Å². The Hall–Kier alpha value is -2.62. The highest BCUT2D eigenvalue weighted by molar-refractivity contribution is 5.84. The molecule has 1 aliphatic carbocycles. The monoisotopic (exact) mass is 546 g/mol. The van der Waals surface area contributed by atoms with Crippen molar-refractivity contribution in [3.8, 4) is 11.5 Å². The highest BCUT2D eigenvalue weighted by Crippen LogP contribution is 2.26. The molecule has 4 heteroatoms. The molecule has 1 aliphatic rings. The lowest BCUT2D eigenvalue weighted by Crippen LogP contribution is -2.27. The zero-order valence-electron chi connectivity index (χ0n) is 25.3. The van der Waals surface area contributed by atoms with E-state index in [0.29, 0.717) is 11.5 Å². The van der Waals surface area contributed by atoms with E-state index < -0.39 is 0 Å². The second-order valence-electron chi connectivity index (χ2n) is 11.8. The van der Waals surface area contributed by atoms with E-state index in [9.17, 15) is 10.2 Å². The van der Waals surface area contributed by atoms with Crippen molar-refractivity contribution in [1.29, 1.82) is 0 Å². The van der Waals surface area contributed by atoms with Gasteiger partial charge >= 0.3 is 0 Å². The molecule has 0 aliphatic heterocycles. The molecule has 0 bridgehead atoms. The van der Waals surface area contributed by atoms with Gasteiger partial charge in [0.1, 0.15) is 11.5 Å². The Bertz CT molecular complexity index is 1050. The van der Waals surface area contributed by atoms with Crippen molar-refractivity contribution in [3.05, 3.63) is 58.7 Å². The Kier molecular flexibility index (Phi) is 14.9. The number of phenolic OH excluding ortho intramolecular Hbond substituents is 2. The van der Waals surface area contributed by atoms with E-state index in [1.54, 1.807) is 0 Å². The molecule has 2 aromatic rings. The summed E-state index contributed by atoms with van der Waals surface area (Å²) in [7, 11) is 0. The molecule has 0 radical (unpaired) electrons. The van der Waals surface area contributed by atoms with Crippen LogP contribution < -0.4 is 0 Å². The van der Waals surface area contributed by atoms with Crippen molar-refractivity contribution < 1.29 is 10.2 Å². The fourth-order valence-corrected chi connectivity index (χ4v) is 5.72. The van der Waals surface area contributed by atoms with Crippen LogP contribution in [-0.4, -0.2) is 34.7 Å². The number of phenols is 2. The van der Waals surface area contributed by atoms with Crippen LogP contribution in [0.5, 0.6) is 11.5 Å². The van der Waals surface area contributed by atoms with E-state index in [2.05, 4.69) is 26.0 Å². The molecule has 0 unspecified atom stereocenters. The maximum atomic E-state index is 10.6. The summed E-state index contributed by atoms with van der Waals surface area (Å²) in [5.74, 6) is 0.626. The number of aryl methyl sites for hydroxylation is 2. The maximum Gasteiger partial charge on any atom is 0.124 e. The molecule has 0 amide bonds. The predicted octanol–water partition coefficient (Wildman–Crippen LogP) is 9.75. The van der Waals surface area contributed by atoms with Gasteiger partial charge in [0, 0.05) is 23.6 Å². The normalized spacial score (nSPS) is 17.8. The fourth-order valence-electron chi connectivity index (χ4n) is 5.72. The molecular formula is C36H54N2O2. The van der Waals surface area contributed by atoms with Crippen LogP contribution >= 0.6 is 0 Å². The first-order valence-electron chi connectivity index (χ1n) is 16.3. The summed E-state index contributed by atoms with van der Waals surface area (Å²) >= 11 is 0. The SMILES string of the molecule is CCCCCCCCCCc1ccc(C=N[C@@H]2CCCC[C@@H]2N=Cc2ccc(CCCCCC)cc2O)c(O)c1. The Morgan fingerprint density at radius 3 is 1.43 bits per heavy atom. The van der Waals surface area contributed by atoms with Crippen LogP contribution in [0.1, 0.15) is 139 Å². The first-order chi connectivity index (χ1) is 19.6. The number of hydrogen-bond acceptors (Lipinski definition) is 4. The van der Waals surface area contributed by atoms with Gasteiger partial charge in [0.25, 0.3) is 0 Å². The molecule has 0 saturated heterocycles. The summed E-state index contributed by atoms with van der Waals surface area (Å²) < 4.78 is 0. The highest BCUT2D eigenvalue weighted by Gasteiger charge is 2.23. The van der Waals surface area contributed by atoms with E-state index in [1.807, 2.05) is 36.7 Å². The summed E-state index contributed by atoms with van der Waals surface area (Å²) in [6.45, 7) is 4.49. The van der Waals surface area contributed by atoms with Crippen LogP contribution in [0.3, 0.4) is 0 Å². The largest absolute Gasteiger partial charge is 0.507 e. The predicted molar refractivity (Wildman–Crippen MR) is 172 cm³/mol. The molecular weight excluding hydrogens is 492 g/mol. The molecule has 4 nitrogen and oxygen atoms in total. The second-order valence-corrected chi connectivity index (χ2v) is 11.8. The van der Waals surface area contributed by atoms with Gasteiger partial charge in [-0.25, -0.2) is 0 Å². The fraction of sp³-hybridized carbons (Fsp3) is 0.611. The number of hydrogen-bond donors (Lipinski definition) is 2. The standard InChI is InChI=1S/C36H54N2O2/c1-3-5-7-9-10-11-12-14-18-30-22-24-32(36(40)26-30)28-38-34-20-16-15-19-33(34)37-27-31-23-21-29(25-35(31)39)17-13-8-6-4-2/h21-28,33-34,39-40H,3-20H2,1-2H3/t33-,34+/m0/s1. The highest BCUT2D eigenvalue weighted by atomic mass is 16.3. The third-order valence-electron chi connectivity index (χ3n) is 8.33. The van der Waals surface area contributed by atoms with E-state index in [1.165, 1.54) is 88.2 Å². The third kappa shape index (κ3) is 11.5. The van der Waals surface area contributed by atoms with Crippen LogP contribution in [0.4, 0.5) is 0 Å². The number of aliphatic imine (C=N–C) groups is 2. The topological polar surface area (TPSA) is 65.2 Å². The second kappa shape index (κ2) is 18.7. The molecule has 2 aromatic carbocycles. The van der Waals surface area contributed by atoms with Crippen molar-refractivity contribution in [2.75, 3.05) is 0 Å².